The van der Waals surface area contributed by atoms with Crippen LogP contribution in [0.1, 0.15) is 30.4 Å². The fourth-order valence-electron chi connectivity index (χ4n) is 3.40. The minimum absolute atomic E-state index is 0.170. The number of aromatic amines is 1. The van der Waals surface area contributed by atoms with E-state index >= 15 is 0 Å². The predicted molar refractivity (Wildman–Crippen MR) is 128 cm³/mol. The molecule has 32 heavy (non-hydrogen) atoms. The van der Waals surface area contributed by atoms with Gasteiger partial charge in [0.25, 0.3) is 11.5 Å². The lowest BCUT2D eigenvalue weighted by molar-refractivity contribution is 0.0752. The van der Waals surface area contributed by atoms with Gasteiger partial charge < -0.3 is 19.9 Å². The van der Waals surface area contributed by atoms with Gasteiger partial charge in [0.05, 0.1) is 35.3 Å². The maximum Gasteiger partial charge on any atom is 0.257 e. The molecule has 3 aromatic rings. The summed E-state index contributed by atoms with van der Waals surface area (Å²) in [6.45, 7) is 8.79. The van der Waals surface area contributed by atoms with E-state index in [1.54, 1.807) is 12.3 Å². The summed E-state index contributed by atoms with van der Waals surface area (Å²) in [7, 11) is 0. The van der Waals surface area contributed by atoms with Crippen LogP contribution in [0.2, 0.25) is 4.34 Å². The van der Waals surface area contributed by atoms with Crippen LogP contribution in [-0.4, -0.2) is 47.0 Å². The molecule has 1 aliphatic heterocycles. The van der Waals surface area contributed by atoms with E-state index in [1.807, 2.05) is 39.0 Å². The highest BCUT2D eigenvalue weighted by Gasteiger charge is 2.27. The number of nitrogens with zero attached hydrogens (tertiary/aromatic N) is 3. The highest BCUT2D eigenvalue weighted by atomic mass is 35.5. The van der Waals surface area contributed by atoms with Crippen molar-refractivity contribution in [3.8, 4) is 11.3 Å². The number of thiophene rings is 1. The van der Waals surface area contributed by atoms with Crippen molar-refractivity contribution >= 4 is 40.4 Å². The van der Waals surface area contributed by atoms with Gasteiger partial charge in [0.2, 0.25) is 0 Å². The van der Waals surface area contributed by atoms with Crippen LogP contribution in [0.4, 0.5) is 11.5 Å². The van der Waals surface area contributed by atoms with Gasteiger partial charge in [-0.1, -0.05) is 32.4 Å². The third kappa shape index (κ3) is 4.90. The number of carbonyl (C=O) groups is 1. The number of carbonyl (C=O) groups excluding carboxylic acids is 1. The van der Waals surface area contributed by atoms with Crippen LogP contribution in [0.5, 0.6) is 0 Å². The molecule has 4 rings (SSSR count). The van der Waals surface area contributed by atoms with E-state index in [-0.39, 0.29) is 11.5 Å². The lowest BCUT2D eigenvalue weighted by atomic mass is 9.96. The molecule has 1 fully saturated rings. The maximum atomic E-state index is 13.1. The van der Waals surface area contributed by atoms with Gasteiger partial charge in [0, 0.05) is 35.6 Å². The van der Waals surface area contributed by atoms with E-state index in [1.165, 1.54) is 16.0 Å². The van der Waals surface area contributed by atoms with Crippen LogP contribution in [-0.2, 0) is 11.3 Å². The third-order valence-electron chi connectivity index (χ3n) is 5.16. The first-order valence-corrected chi connectivity index (χ1v) is 11.6. The van der Waals surface area contributed by atoms with Crippen LogP contribution in [0, 0.1) is 5.41 Å². The average molecular weight is 476 g/mol. The first-order valence-electron chi connectivity index (χ1n) is 10.4. The standard InChI is InChI=1S/C22H26ClN5O3S/c1-22(2,3)21(30)28-19(24-13-15-4-5-18(23)32-15)11-17(26-28)16-10-14(12-25-20(16)29)27-6-8-31-9-7-27/h4-5,10-12,24H,6-9,13H2,1-3H3,(H,25,29). The molecule has 0 unspecified atom stereocenters. The molecule has 170 valence electrons. The lowest BCUT2D eigenvalue weighted by Gasteiger charge is -2.28. The Hall–Kier alpha value is -2.62. The van der Waals surface area contributed by atoms with Gasteiger partial charge in [0.15, 0.2) is 0 Å². The summed E-state index contributed by atoms with van der Waals surface area (Å²) < 4.78 is 7.47. The van der Waals surface area contributed by atoms with E-state index in [0.29, 0.717) is 41.2 Å². The molecule has 0 atom stereocenters. The third-order valence-corrected chi connectivity index (χ3v) is 6.39. The molecule has 8 nitrogen and oxygen atoms in total. The van der Waals surface area contributed by atoms with Crippen LogP contribution in [0.3, 0.4) is 0 Å². The van der Waals surface area contributed by atoms with Gasteiger partial charge in [-0.15, -0.1) is 11.3 Å². The Morgan fingerprint density at radius 1 is 1.28 bits per heavy atom. The number of hydrogen-bond donors (Lipinski definition) is 2. The Balaban J connectivity index is 1.70. The number of rotatable bonds is 5. The van der Waals surface area contributed by atoms with Gasteiger partial charge >= 0.3 is 0 Å². The minimum Gasteiger partial charge on any atom is -0.378 e. The number of H-pyrrole nitrogens is 1. The normalized spacial score (nSPS) is 14.6. The highest BCUT2D eigenvalue weighted by Crippen LogP contribution is 2.28. The Labute approximate surface area is 195 Å². The molecule has 3 aromatic heterocycles. The number of ether oxygens (including phenoxy) is 1. The summed E-state index contributed by atoms with van der Waals surface area (Å²) in [5.74, 6) is 0.358. The van der Waals surface area contributed by atoms with Crippen molar-refractivity contribution in [1.29, 1.82) is 0 Å². The van der Waals surface area contributed by atoms with E-state index in [2.05, 4.69) is 20.3 Å². The molecule has 2 N–H and O–H groups in total. The summed E-state index contributed by atoms with van der Waals surface area (Å²) in [4.78, 5) is 31.7. The first kappa shape index (κ1) is 22.6. The molecule has 0 spiro atoms. The number of morpholine rings is 1. The van der Waals surface area contributed by atoms with Crippen molar-refractivity contribution < 1.29 is 9.53 Å². The lowest BCUT2D eigenvalue weighted by Crippen LogP contribution is -2.36. The second-order valence-corrected chi connectivity index (χ2v) is 10.4. The second-order valence-electron chi connectivity index (χ2n) is 8.64. The Morgan fingerprint density at radius 3 is 2.69 bits per heavy atom. The minimum atomic E-state index is -0.645. The number of anilines is 2. The zero-order valence-electron chi connectivity index (χ0n) is 18.3. The number of nitrogens with one attached hydrogen (secondary N) is 2. The summed E-state index contributed by atoms with van der Waals surface area (Å²) in [6.07, 6.45) is 1.70. The summed E-state index contributed by atoms with van der Waals surface area (Å²) in [5.41, 5.74) is 0.838. The Morgan fingerprint density at radius 2 is 2.03 bits per heavy atom. The van der Waals surface area contributed by atoms with Gasteiger partial charge in [-0.3, -0.25) is 9.59 Å². The number of hydrogen-bond acceptors (Lipinski definition) is 7. The SMILES string of the molecule is CC(C)(C)C(=O)n1nc(-c2cc(N3CCOCC3)c[nH]c2=O)cc1NCc1ccc(Cl)s1. The molecule has 0 saturated carbocycles. The average Bonchev–Trinajstić information content (AvgIpc) is 3.38. The van der Waals surface area contributed by atoms with Crippen molar-refractivity contribution in [2.75, 3.05) is 36.5 Å². The Bertz CT molecular complexity index is 1170. The van der Waals surface area contributed by atoms with Crippen LogP contribution in [0.25, 0.3) is 11.3 Å². The fourth-order valence-corrected chi connectivity index (χ4v) is 4.43. The predicted octanol–water partition coefficient (Wildman–Crippen LogP) is 4.09. The number of aromatic nitrogens is 3. The Kier molecular flexibility index (Phi) is 6.41. The highest BCUT2D eigenvalue weighted by molar-refractivity contribution is 7.16. The van der Waals surface area contributed by atoms with Crippen molar-refractivity contribution in [3.05, 3.63) is 50.0 Å². The quantitative estimate of drug-likeness (QED) is 0.577. The van der Waals surface area contributed by atoms with Crippen molar-refractivity contribution in [1.82, 2.24) is 14.8 Å². The monoisotopic (exact) mass is 475 g/mol. The zero-order chi connectivity index (χ0) is 22.9. The van der Waals surface area contributed by atoms with Gasteiger partial charge in [-0.25, -0.2) is 0 Å². The molecule has 1 aliphatic rings. The van der Waals surface area contributed by atoms with Crippen LogP contribution < -0.4 is 15.8 Å². The summed E-state index contributed by atoms with van der Waals surface area (Å²) in [6, 6.07) is 7.33. The number of pyridine rings is 1. The fraction of sp³-hybridized carbons (Fsp3) is 0.409. The topological polar surface area (TPSA) is 92.2 Å². The van der Waals surface area contributed by atoms with Crippen LogP contribution in [0.15, 0.2) is 35.3 Å². The summed E-state index contributed by atoms with van der Waals surface area (Å²) in [5, 5.41) is 7.81. The van der Waals surface area contributed by atoms with E-state index in [0.717, 1.165) is 23.7 Å². The molecule has 1 saturated heterocycles. The molecule has 0 bridgehead atoms. The molecule has 0 amide bonds. The molecular formula is C22H26ClN5O3S. The van der Waals surface area contributed by atoms with Gasteiger partial charge in [-0.05, 0) is 18.2 Å². The molecular weight excluding hydrogens is 450 g/mol. The maximum absolute atomic E-state index is 13.1. The van der Waals surface area contributed by atoms with E-state index in [9.17, 15) is 9.59 Å². The van der Waals surface area contributed by atoms with Gasteiger partial charge in [-0.2, -0.15) is 9.78 Å². The van der Waals surface area contributed by atoms with Crippen molar-refractivity contribution in [2.45, 2.75) is 27.3 Å². The van der Waals surface area contributed by atoms with Gasteiger partial charge in [0.1, 0.15) is 11.5 Å². The van der Waals surface area contributed by atoms with E-state index in [4.69, 9.17) is 16.3 Å². The van der Waals surface area contributed by atoms with E-state index < -0.39 is 5.41 Å². The van der Waals surface area contributed by atoms with Crippen molar-refractivity contribution in [3.63, 3.8) is 0 Å². The number of halogens is 1. The first-order chi connectivity index (χ1) is 15.2. The van der Waals surface area contributed by atoms with Crippen LogP contribution >= 0.6 is 22.9 Å². The zero-order valence-corrected chi connectivity index (χ0v) is 19.8. The molecule has 0 aliphatic carbocycles. The molecule has 4 heterocycles. The molecule has 0 aromatic carbocycles. The van der Waals surface area contributed by atoms with Crippen molar-refractivity contribution in [2.24, 2.45) is 5.41 Å². The summed E-state index contributed by atoms with van der Waals surface area (Å²) >= 11 is 7.50. The molecule has 10 heteroatoms. The second kappa shape index (κ2) is 9.09. The molecule has 0 radical (unpaired) electrons. The largest absolute Gasteiger partial charge is 0.378 e. The smallest absolute Gasteiger partial charge is 0.257 e.